The van der Waals surface area contributed by atoms with Crippen molar-refractivity contribution in [2.75, 3.05) is 24.5 Å². The summed E-state index contributed by atoms with van der Waals surface area (Å²) in [4.78, 5) is 2.69. The fourth-order valence-electron chi connectivity index (χ4n) is 4.69. The molecule has 2 bridgehead atoms. The molecule has 1 spiro atoms. The van der Waals surface area contributed by atoms with E-state index in [-0.39, 0.29) is 0 Å². The van der Waals surface area contributed by atoms with Gasteiger partial charge in [-0.2, -0.15) is 0 Å². The minimum Gasteiger partial charge on any atom is -0.370 e. The normalized spacial score (nSPS) is 36.5. The Labute approximate surface area is 122 Å². The van der Waals surface area contributed by atoms with Crippen LogP contribution in [0, 0.1) is 5.41 Å². The molecule has 0 radical (unpaired) electrons. The average Bonchev–Trinajstić information content (AvgIpc) is 2.74. The summed E-state index contributed by atoms with van der Waals surface area (Å²) in [5.74, 6) is 0. The highest BCUT2D eigenvalue weighted by molar-refractivity contribution is 9.10. The number of hydrogen-bond donors (Lipinski definition) is 1. The highest BCUT2D eigenvalue weighted by atomic mass is 79.9. The van der Waals surface area contributed by atoms with Gasteiger partial charge in [-0.15, -0.1) is 0 Å². The predicted octanol–water partition coefficient (Wildman–Crippen LogP) is 3.05. The molecule has 2 saturated heterocycles. The molecule has 2 nitrogen and oxygen atoms in total. The first-order valence-electron chi connectivity index (χ1n) is 7.47. The molecule has 100 valence electrons. The summed E-state index contributed by atoms with van der Waals surface area (Å²) in [6.45, 7) is 3.78. The Morgan fingerprint density at radius 2 is 2.16 bits per heavy atom. The van der Waals surface area contributed by atoms with Crippen molar-refractivity contribution in [1.82, 2.24) is 5.32 Å². The van der Waals surface area contributed by atoms with Crippen molar-refractivity contribution < 1.29 is 0 Å². The Morgan fingerprint density at radius 3 is 2.84 bits per heavy atom. The quantitative estimate of drug-likeness (QED) is 0.901. The summed E-state index contributed by atoms with van der Waals surface area (Å²) in [7, 11) is 0. The van der Waals surface area contributed by atoms with E-state index in [1.807, 2.05) is 0 Å². The van der Waals surface area contributed by atoms with Crippen molar-refractivity contribution in [3.8, 4) is 0 Å². The number of rotatable bonds is 2. The van der Waals surface area contributed by atoms with Gasteiger partial charge in [0.25, 0.3) is 0 Å². The van der Waals surface area contributed by atoms with Crippen LogP contribution in [0.1, 0.15) is 31.2 Å². The molecular formula is C16H19BrN2. The molecule has 1 aromatic rings. The van der Waals surface area contributed by atoms with Gasteiger partial charge in [-0.3, -0.25) is 0 Å². The molecule has 0 amide bonds. The number of anilines is 1. The van der Waals surface area contributed by atoms with E-state index in [1.54, 1.807) is 5.56 Å². The van der Waals surface area contributed by atoms with Gasteiger partial charge in [-0.25, -0.2) is 0 Å². The van der Waals surface area contributed by atoms with E-state index in [4.69, 9.17) is 0 Å². The lowest BCUT2D eigenvalue weighted by Gasteiger charge is -2.40. The van der Waals surface area contributed by atoms with Crippen molar-refractivity contribution in [3.63, 3.8) is 0 Å². The molecule has 1 N–H and O–H groups in total. The summed E-state index contributed by atoms with van der Waals surface area (Å²) in [6.07, 6.45) is 5.59. The molecule has 3 heteroatoms. The minimum absolute atomic E-state index is 0.530. The monoisotopic (exact) mass is 318 g/mol. The molecule has 1 aromatic carbocycles. The third kappa shape index (κ3) is 1.46. The second-order valence-corrected chi connectivity index (χ2v) is 8.20. The lowest BCUT2D eigenvalue weighted by Crippen LogP contribution is -2.44. The molecule has 3 heterocycles. The van der Waals surface area contributed by atoms with Crippen LogP contribution in [0.4, 0.5) is 5.69 Å². The predicted molar refractivity (Wildman–Crippen MR) is 80.7 cm³/mol. The molecule has 19 heavy (non-hydrogen) atoms. The molecule has 2 aliphatic carbocycles. The zero-order valence-corrected chi connectivity index (χ0v) is 12.7. The lowest BCUT2D eigenvalue weighted by molar-refractivity contribution is 0.203. The Kier molecular flexibility index (Phi) is 1.98. The second-order valence-electron chi connectivity index (χ2n) is 7.28. The molecule has 0 aromatic heterocycles. The molecule has 4 fully saturated rings. The van der Waals surface area contributed by atoms with Crippen LogP contribution < -0.4 is 10.2 Å². The first-order chi connectivity index (χ1) is 9.18. The fourth-order valence-corrected chi connectivity index (χ4v) is 5.04. The maximum Gasteiger partial charge on any atom is 0.0416 e. The van der Waals surface area contributed by atoms with Gasteiger partial charge < -0.3 is 10.2 Å². The van der Waals surface area contributed by atoms with Gasteiger partial charge in [0.15, 0.2) is 0 Å². The van der Waals surface area contributed by atoms with Crippen LogP contribution in [0.5, 0.6) is 0 Å². The number of nitrogens with zero attached hydrogens (tertiary/aromatic N) is 1. The van der Waals surface area contributed by atoms with Crippen LogP contribution >= 0.6 is 15.9 Å². The topological polar surface area (TPSA) is 15.3 Å². The van der Waals surface area contributed by atoms with Crippen molar-refractivity contribution in [2.24, 2.45) is 5.41 Å². The highest BCUT2D eigenvalue weighted by Gasteiger charge is 2.55. The van der Waals surface area contributed by atoms with Gasteiger partial charge in [0.05, 0.1) is 0 Å². The van der Waals surface area contributed by atoms with Gasteiger partial charge in [-0.1, -0.05) is 22.0 Å². The van der Waals surface area contributed by atoms with E-state index in [0.29, 0.717) is 10.8 Å². The molecule has 0 unspecified atom stereocenters. The smallest absolute Gasteiger partial charge is 0.0416 e. The van der Waals surface area contributed by atoms with E-state index < -0.39 is 0 Å². The minimum atomic E-state index is 0.530. The SMILES string of the molecule is Brc1ccc2c(c1)N(CC13CNC(C1)C3)CC21CC1. The van der Waals surface area contributed by atoms with Crippen LogP contribution in [-0.2, 0) is 5.41 Å². The summed E-state index contributed by atoms with van der Waals surface area (Å²) in [5, 5.41) is 3.64. The van der Waals surface area contributed by atoms with Crippen LogP contribution in [0.15, 0.2) is 22.7 Å². The van der Waals surface area contributed by atoms with Crippen molar-refractivity contribution in [2.45, 2.75) is 37.1 Å². The average molecular weight is 319 g/mol. The standard InChI is InChI=1S/C16H19BrN2/c17-11-1-2-13-14(5-11)19(10-16(13)3-4-16)9-15-6-12(7-15)18-8-15/h1-2,5,12,18H,3-4,6-10H2. The largest absolute Gasteiger partial charge is 0.370 e. The maximum atomic E-state index is 3.65. The molecule has 6 rings (SSSR count). The Hall–Kier alpha value is -0.540. The zero-order chi connectivity index (χ0) is 12.7. The van der Waals surface area contributed by atoms with Crippen LogP contribution in [0.2, 0.25) is 0 Å². The lowest BCUT2D eigenvalue weighted by atomic mass is 9.70. The Morgan fingerprint density at radius 1 is 1.32 bits per heavy atom. The molecule has 3 aliphatic heterocycles. The number of hydrogen-bond acceptors (Lipinski definition) is 2. The first kappa shape index (κ1) is 11.2. The van der Waals surface area contributed by atoms with E-state index in [1.165, 1.54) is 55.5 Å². The van der Waals surface area contributed by atoms with Gasteiger partial charge in [0, 0.05) is 46.7 Å². The van der Waals surface area contributed by atoms with Gasteiger partial charge in [-0.05, 0) is 43.4 Å². The fraction of sp³-hybridized carbons (Fsp3) is 0.625. The van der Waals surface area contributed by atoms with E-state index in [2.05, 4.69) is 44.3 Å². The van der Waals surface area contributed by atoms with E-state index in [9.17, 15) is 0 Å². The number of fused-ring (bicyclic) bond motifs is 3. The van der Waals surface area contributed by atoms with Crippen molar-refractivity contribution in [3.05, 3.63) is 28.2 Å². The zero-order valence-electron chi connectivity index (χ0n) is 11.1. The third-order valence-electron chi connectivity index (χ3n) is 5.87. The molecule has 2 saturated carbocycles. The number of halogens is 1. The number of benzene rings is 1. The summed E-state index contributed by atoms with van der Waals surface area (Å²) >= 11 is 3.65. The van der Waals surface area contributed by atoms with Gasteiger partial charge in [0.2, 0.25) is 0 Å². The molecular weight excluding hydrogens is 300 g/mol. The van der Waals surface area contributed by atoms with Crippen LogP contribution in [0.3, 0.4) is 0 Å². The highest BCUT2D eigenvalue weighted by Crippen LogP contribution is 2.58. The Balaban J connectivity index is 1.50. The Bertz CT molecular complexity index is 552. The molecule has 5 aliphatic rings. The summed E-state index contributed by atoms with van der Waals surface area (Å²) in [6, 6.07) is 7.76. The molecule has 0 atom stereocenters. The first-order valence-corrected chi connectivity index (χ1v) is 8.26. The van der Waals surface area contributed by atoms with Crippen LogP contribution in [-0.4, -0.2) is 25.7 Å². The van der Waals surface area contributed by atoms with Crippen LogP contribution in [0.25, 0.3) is 0 Å². The summed E-state index contributed by atoms with van der Waals surface area (Å²) < 4.78 is 1.22. The van der Waals surface area contributed by atoms with E-state index in [0.717, 1.165) is 6.04 Å². The van der Waals surface area contributed by atoms with Crippen molar-refractivity contribution >= 4 is 21.6 Å². The van der Waals surface area contributed by atoms with E-state index >= 15 is 0 Å². The second kappa shape index (κ2) is 3.37. The third-order valence-corrected chi connectivity index (χ3v) is 6.36. The van der Waals surface area contributed by atoms with Crippen molar-refractivity contribution in [1.29, 1.82) is 0 Å². The summed E-state index contributed by atoms with van der Waals surface area (Å²) in [5.41, 5.74) is 4.25. The van der Waals surface area contributed by atoms with Gasteiger partial charge in [0.1, 0.15) is 0 Å². The maximum absolute atomic E-state index is 3.65. The number of nitrogens with one attached hydrogen (secondary N) is 1. The van der Waals surface area contributed by atoms with Gasteiger partial charge >= 0.3 is 0 Å².